The molecule has 0 spiro atoms. The van der Waals surface area contributed by atoms with Crippen LogP contribution >= 0.6 is 0 Å². The topological polar surface area (TPSA) is 0 Å². The van der Waals surface area contributed by atoms with Gasteiger partial charge in [-0.05, 0) is 24.0 Å². The Kier molecular flexibility index (Phi) is 1.68. The van der Waals surface area contributed by atoms with E-state index in [0.717, 1.165) is 12.8 Å². The fourth-order valence-corrected chi connectivity index (χ4v) is 0.941. The molecule has 1 aromatic rings. The van der Waals surface area contributed by atoms with E-state index in [1.165, 1.54) is 11.1 Å². The molecule has 0 heteroatoms. The van der Waals surface area contributed by atoms with E-state index in [0.29, 0.717) is 13.8 Å². The van der Waals surface area contributed by atoms with Crippen LogP contribution in [0, 0.1) is 0 Å². The lowest BCUT2D eigenvalue weighted by Gasteiger charge is -1.98. The molecule has 0 aliphatic rings. The molecule has 0 aliphatic carbocycles. The Hall–Kier alpha value is -0.780. The number of rotatable bonds is 2. The lowest BCUT2D eigenvalue weighted by molar-refractivity contribution is 1.09. The van der Waals surface area contributed by atoms with Crippen LogP contribution in [0.25, 0.3) is 0 Å². The maximum Gasteiger partial charge on any atom is 0.0234 e. The zero-order valence-electron chi connectivity index (χ0n) is 8.14. The highest BCUT2D eigenvalue weighted by Gasteiger charge is 1.89. The molecule has 0 saturated heterocycles. The van der Waals surface area contributed by atoms with Crippen molar-refractivity contribution < 1.29 is 2.74 Å². The highest BCUT2D eigenvalue weighted by molar-refractivity contribution is 5.23. The van der Waals surface area contributed by atoms with Crippen LogP contribution in [0.15, 0.2) is 24.3 Å². The van der Waals surface area contributed by atoms with Crippen molar-refractivity contribution in [2.24, 2.45) is 0 Å². The van der Waals surface area contributed by atoms with E-state index in [-0.39, 0.29) is 0 Å². The predicted molar refractivity (Wildman–Crippen MR) is 45.2 cm³/mol. The van der Waals surface area contributed by atoms with Gasteiger partial charge in [0.1, 0.15) is 0 Å². The molecule has 0 nitrogen and oxygen atoms in total. The molecule has 0 fully saturated rings. The molecule has 0 aromatic heterocycles. The minimum Gasteiger partial charge on any atom is -0.0617 e. The van der Waals surface area contributed by atoms with Crippen LogP contribution < -0.4 is 0 Å². The second kappa shape index (κ2) is 3.40. The Bertz CT molecular complexity index is 212. The van der Waals surface area contributed by atoms with Gasteiger partial charge in [-0.1, -0.05) is 38.1 Å². The summed E-state index contributed by atoms with van der Waals surface area (Å²) in [6.07, 6.45) is 1.65. The third-order valence-electron chi connectivity index (χ3n) is 1.57. The summed E-state index contributed by atoms with van der Waals surface area (Å²) in [5, 5.41) is 0. The number of aryl methyl sites for hydroxylation is 2. The van der Waals surface area contributed by atoms with E-state index < -0.39 is 0 Å². The molecular formula is C10H14. The summed E-state index contributed by atoms with van der Waals surface area (Å²) in [5.41, 5.74) is 2.44. The zero-order chi connectivity index (χ0) is 8.81. The van der Waals surface area contributed by atoms with Crippen molar-refractivity contribution in [3.63, 3.8) is 0 Å². The van der Waals surface area contributed by atoms with Crippen molar-refractivity contribution >= 4 is 0 Å². The lowest BCUT2D eigenvalue weighted by atomic mass is 10.1. The van der Waals surface area contributed by atoms with Gasteiger partial charge < -0.3 is 0 Å². The van der Waals surface area contributed by atoms with Crippen LogP contribution in [-0.2, 0) is 12.8 Å². The molecule has 0 saturated carbocycles. The van der Waals surface area contributed by atoms with Gasteiger partial charge in [-0.25, -0.2) is 0 Å². The fourth-order valence-electron chi connectivity index (χ4n) is 0.941. The van der Waals surface area contributed by atoms with Gasteiger partial charge in [0.15, 0.2) is 0 Å². The Morgan fingerprint density at radius 1 is 1.20 bits per heavy atom. The van der Waals surface area contributed by atoms with Crippen LogP contribution in [0.5, 0.6) is 0 Å². The maximum atomic E-state index is 7.08. The van der Waals surface area contributed by atoms with Gasteiger partial charge in [0.05, 0.1) is 0 Å². The van der Waals surface area contributed by atoms with E-state index in [1.807, 2.05) is 18.2 Å². The van der Waals surface area contributed by atoms with Crippen molar-refractivity contribution in [2.75, 3.05) is 0 Å². The first-order valence-electron chi connectivity index (χ1n) is 4.94. The second-order valence-corrected chi connectivity index (χ2v) is 2.32. The number of hydrogen-bond donors (Lipinski definition) is 0. The molecule has 54 valence electrons. The van der Waals surface area contributed by atoms with Crippen LogP contribution in [0.1, 0.15) is 27.7 Å². The largest absolute Gasteiger partial charge is 0.0617 e. The quantitative estimate of drug-likeness (QED) is 0.586. The summed E-state index contributed by atoms with van der Waals surface area (Å²) < 4.78 is 14.2. The average Bonchev–Trinajstić information content (AvgIpc) is 2.06. The first-order chi connectivity index (χ1) is 5.86. The molecule has 0 aliphatic heterocycles. The van der Waals surface area contributed by atoms with Gasteiger partial charge in [0.2, 0.25) is 0 Å². The van der Waals surface area contributed by atoms with Gasteiger partial charge in [0.25, 0.3) is 0 Å². The lowest BCUT2D eigenvalue weighted by Crippen LogP contribution is -1.83. The summed E-state index contributed by atoms with van der Waals surface area (Å²) in [5.74, 6) is 0. The summed E-state index contributed by atoms with van der Waals surface area (Å²) in [6, 6.07) is 8.20. The summed E-state index contributed by atoms with van der Waals surface area (Å²) >= 11 is 0. The van der Waals surface area contributed by atoms with Gasteiger partial charge in [0, 0.05) is 2.74 Å². The zero-order valence-corrected chi connectivity index (χ0v) is 6.14. The normalized spacial score (nSPS) is 12.4. The standard InChI is InChI=1S/C10H14/c1-3-9-6-5-7-10(4-2)8-9/h5-8H,3-4H2,1-2H3/i1D,2D. The van der Waals surface area contributed by atoms with E-state index in [2.05, 4.69) is 6.07 Å². The van der Waals surface area contributed by atoms with Crippen molar-refractivity contribution in [3.05, 3.63) is 35.4 Å². The van der Waals surface area contributed by atoms with Crippen LogP contribution in [0.2, 0.25) is 0 Å². The molecular weight excluding hydrogens is 120 g/mol. The third-order valence-corrected chi connectivity index (χ3v) is 1.57. The highest BCUT2D eigenvalue weighted by Crippen LogP contribution is 2.05. The Balaban J connectivity index is 2.67. The van der Waals surface area contributed by atoms with Gasteiger partial charge in [-0.15, -0.1) is 0 Å². The molecule has 0 radical (unpaired) electrons. The van der Waals surface area contributed by atoms with E-state index >= 15 is 0 Å². The monoisotopic (exact) mass is 136 g/mol. The molecule has 0 atom stereocenters. The van der Waals surface area contributed by atoms with Gasteiger partial charge >= 0.3 is 0 Å². The summed E-state index contributed by atoms with van der Waals surface area (Å²) in [7, 11) is 0. The van der Waals surface area contributed by atoms with Gasteiger partial charge in [-0.3, -0.25) is 0 Å². The second-order valence-electron chi connectivity index (χ2n) is 2.32. The minimum atomic E-state index is 0.449. The van der Waals surface area contributed by atoms with E-state index in [4.69, 9.17) is 2.74 Å². The first kappa shape index (κ1) is 4.95. The molecule has 0 amide bonds. The molecule has 0 bridgehead atoms. The van der Waals surface area contributed by atoms with Crippen molar-refractivity contribution in [1.82, 2.24) is 0 Å². The van der Waals surface area contributed by atoms with E-state index in [1.54, 1.807) is 0 Å². The number of benzene rings is 1. The fraction of sp³-hybridized carbons (Fsp3) is 0.400. The number of hydrogen-bond acceptors (Lipinski definition) is 0. The van der Waals surface area contributed by atoms with Crippen molar-refractivity contribution in [1.29, 1.82) is 0 Å². The predicted octanol–water partition coefficient (Wildman–Crippen LogP) is 2.81. The average molecular weight is 136 g/mol. The van der Waals surface area contributed by atoms with Crippen LogP contribution in [-0.4, -0.2) is 0 Å². The smallest absolute Gasteiger partial charge is 0.0234 e. The van der Waals surface area contributed by atoms with Crippen molar-refractivity contribution in [3.8, 4) is 0 Å². The third kappa shape index (κ3) is 1.60. The van der Waals surface area contributed by atoms with Gasteiger partial charge in [-0.2, -0.15) is 0 Å². The molecule has 10 heavy (non-hydrogen) atoms. The highest BCUT2D eigenvalue weighted by atomic mass is 13.9. The molecule has 0 N–H and O–H groups in total. The summed E-state index contributed by atoms with van der Waals surface area (Å²) in [4.78, 5) is 0. The molecule has 1 rings (SSSR count). The van der Waals surface area contributed by atoms with Crippen LogP contribution in [0.3, 0.4) is 0 Å². The SMILES string of the molecule is [2H]CCc1cccc(CC[2H])c1. The minimum absolute atomic E-state index is 0.449. The maximum absolute atomic E-state index is 7.08. The van der Waals surface area contributed by atoms with Crippen LogP contribution in [0.4, 0.5) is 0 Å². The van der Waals surface area contributed by atoms with E-state index in [9.17, 15) is 0 Å². The molecule has 0 heterocycles. The first-order valence-corrected chi connectivity index (χ1v) is 3.53. The Labute approximate surface area is 65.7 Å². The molecule has 1 aromatic carbocycles. The molecule has 0 unspecified atom stereocenters. The van der Waals surface area contributed by atoms with Crippen molar-refractivity contribution in [2.45, 2.75) is 26.6 Å². The Morgan fingerprint density at radius 3 is 2.30 bits per heavy atom. The Morgan fingerprint density at radius 2 is 1.80 bits per heavy atom. The summed E-state index contributed by atoms with van der Waals surface area (Å²) in [6.45, 7) is 0.897.